The maximum Gasteiger partial charge on any atom is 0.388 e. The summed E-state index contributed by atoms with van der Waals surface area (Å²) in [5, 5.41) is 0. The number of anilines is 3. The molecule has 17 heteroatoms. The number of rotatable bonds is 8. The Morgan fingerprint density at radius 1 is 0.354 bits per heavy atom. The Kier molecular flexibility index (Phi) is 11.7. The zero-order valence-corrected chi connectivity index (χ0v) is 45.0. The maximum atomic E-state index is 5.27. The van der Waals surface area contributed by atoms with Crippen LogP contribution in [0.1, 0.15) is 5.56 Å². The highest BCUT2D eigenvalue weighted by Crippen LogP contribution is 2.38. The fourth-order valence-electron chi connectivity index (χ4n) is 13.6. The van der Waals surface area contributed by atoms with Gasteiger partial charge in [0.25, 0.3) is 0 Å². The van der Waals surface area contributed by atoms with Gasteiger partial charge in [0.15, 0.2) is 0 Å². The van der Waals surface area contributed by atoms with E-state index in [1.54, 1.807) is 0 Å². The third-order valence-corrected chi connectivity index (χ3v) is 17.0. The smallest absolute Gasteiger partial charge is 0.388 e. The molecule has 82 heavy (non-hydrogen) atoms. The highest BCUT2D eigenvalue weighted by atomic mass is 15.3. The summed E-state index contributed by atoms with van der Waals surface area (Å²) in [5.41, 5.74) is 14.6. The summed E-state index contributed by atoms with van der Waals surface area (Å²) in [4.78, 5) is 5.27. The molecule has 0 bridgehead atoms. The van der Waals surface area contributed by atoms with Gasteiger partial charge in [0.2, 0.25) is 5.78 Å². The van der Waals surface area contributed by atoms with Gasteiger partial charge in [-0.1, -0.05) is 200 Å². The second-order valence-electron chi connectivity index (χ2n) is 21.6. The van der Waals surface area contributed by atoms with Crippen molar-refractivity contribution in [2.75, 3.05) is 14.2 Å². The molecule has 0 unspecified atom stereocenters. The molecule has 0 saturated carbocycles. The Morgan fingerprint density at radius 3 is 1.44 bits per heavy atom. The van der Waals surface area contributed by atoms with Crippen molar-refractivity contribution < 1.29 is 0 Å². The first kappa shape index (κ1) is 48.0. The van der Waals surface area contributed by atoms with Gasteiger partial charge in [-0.2, -0.15) is 0 Å². The van der Waals surface area contributed by atoms with Crippen LogP contribution in [0.25, 0.3) is 39.1 Å². The summed E-state index contributed by atoms with van der Waals surface area (Å²) >= 11 is 0. The first-order valence-corrected chi connectivity index (χ1v) is 28.4. The monoisotopic (exact) mass is 1050 g/mol. The van der Waals surface area contributed by atoms with E-state index in [9.17, 15) is 0 Å². The molecule has 0 N–H and O–H groups in total. The summed E-state index contributed by atoms with van der Waals surface area (Å²) in [5.74, 6) is 10.4. The van der Waals surface area contributed by atoms with Crippen LogP contribution < -0.4 is 30.6 Å². The number of imidazole rings is 2. The van der Waals surface area contributed by atoms with E-state index >= 15 is 0 Å². The first-order chi connectivity index (χ1) is 40.7. The van der Waals surface area contributed by atoms with Crippen molar-refractivity contribution in [2.45, 2.75) is 0 Å². The normalized spacial score (nSPS) is 16.5. The third kappa shape index (κ3) is 7.85. The molecule has 16 rings (SSSR count). The van der Waals surface area contributed by atoms with Crippen LogP contribution >= 0.6 is 0 Å². The van der Waals surface area contributed by atoms with Crippen LogP contribution in [0, 0.1) is 0 Å². The number of hydrogen-bond acceptors (Lipinski definition) is 8. The average molecular weight is 1050 g/mol. The average Bonchev–Trinajstić information content (AvgIpc) is 4.02. The molecule has 382 valence electrons. The predicted octanol–water partition coefficient (Wildman–Crippen LogP) is 9.94. The van der Waals surface area contributed by atoms with E-state index in [-0.39, 0.29) is 48.9 Å². The van der Waals surface area contributed by atoms with Crippen LogP contribution in [0.4, 0.5) is 17.1 Å². The molecule has 8 aromatic carbocycles. The number of aromatic nitrogens is 3. The van der Waals surface area contributed by atoms with Crippen molar-refractivity contribution in [3.05, 3.63) is 315 Å². The lowest BCUT2D eigenvalue weighted by atomic mass is 9.37. The Labute approximate surface area is 481 Å². The number of fused-ring (bicyclic) bond motifs is 13. The van der Waals surface area contributed by atoms with Crippen molar-refractivity contribution >= 4 is 121 Å². The van der Waals surface area contributed by atoms with Crippen molar-refractivity contribution in [1.82, 2.24) is 32.8 Å². The summed E-state index contributed by atoms with van der Waals surface area (Å²) < 4.78 is 22.6. The van der Waals surface area contributed by atoms with Gasteiger partial charge in [0.1, 0.15) is 0 Å². The van der Waals surface area contributed by atoms with Gasteiger partial charge in [0, 0.05) is 23.3 Å². The van der Waals surface area contributed by atoms with E-state index in [4.69, 9.17) is 4.98 Å². The SMILES string of the molecule is C1=CB2N3C=CC(c4cccc(B5N(c6ccccc6)B(c6ccccc6)N(c6ccccc6)B(c6ccccc6)N5c5ccccc5)c4)=CB3N3C=CC=CB3N3C=C(n4c5ccccc5n5c6ccccc6nc45)C=CB3N2C=C1. The van der Waals surface area contributed by atoms with Gasteiger partial charge < -0.3 is 33.1 Å². The van der Waals surface area contributed by atoms with Gasteiger partial charge in [-0.05, 0) is 131 Å². The summed E-state index contributed by atoms with van der Waals surface area (Å²) in [6.45, 7) is -1.25. The Morgan fingerprint density at radius 2 is 0.829 bits per heavy atom. The molecule has 0 atom stereocenters. The Bertz CT molecular complexity index is 4210. The molecule has 0 amide bonds. The number of nitrogens with zero attached hydrogens (tertiary/aromatic N) is 10. The third-order valence-electron chi connectivity index (χ3n) is 17.0. The van der Waals surface area contributed by atoms with E-state index in [0.29, 0.717) is 0 Å². The van der Waals surface area contributed by atoms with Crippen molar-refractivity contribution in [2.24, 2.45) is 0 Å². The first-order valence-electron chi connectivity index (χ1n) is 28.4. The topological polar surface area (TPSA) is 44.9 Å². The van der Waals surface area contributed by atoms with Gasteiger partial charge in [-0.15, -0.1) is 0 Å². The number of para-hydroxylation sites is 7. The van der Waals surface area contributed by atoms with Crippen molar-refractivity contribution in [1.29, 1.82) is 0 Å². The fourth-order valence-corrected chi connectivity index (χ4v) is 13.6. The van der Waals surface area contributed by atoms with E-state index in [0.717, 1.165) is 61.7 Å². The van der Waals surface area contributed by atoms with Crippen LogP contribution in [-0.2, 0) is 0 Å². The molecule has 0 radical (unpaired) electrons. The van der Waals surface area contributed by atoms with Gasteiger partial charge in [0.05, 0.1) is 27.8 Å². The van der Waals surface area contributed by atoms with Crippen molar-refractivity contribution in [3.8, 4) is 0 Å². The van der Waals surface area contributed by atoms with Crippen LogP contribution in [0.3, 0.4) is 0 Å². The van der Waals surface area contributed by atoms with E-state index in [2.05, 4.69) is 352 Å². The summed E-state index contributed by atoms with van der Waals surface area (Å²) in [6, 6.07) is 81.5. The molecule has 2 aromatic heterocycles. The quantitative estimate of drug-likeness (QED) is 0.140. The molecule has 2 fully saturated rings. The zero-order chi connectivity index (χ0) is 54.1. The molecular formula is C65H51B7N10. The molecule has 6 aliphatic rings. The molecule has 2 saturated heterocycles. The van der Waals surface area contributed by atoms with Gasteiger partial charge >= 0.3 is 48.9 Å². The molecule has 6 aliphatic heterocycles. The number of allylic oxidation sites excluding steroid dienone is 8. The minimum absolute atomic E-state index is 0.0852. The van der Waals surface area contributed by atoms with Crippen LogP contribution in [0.2, 0.25) is 0 Å². The molecule has 10 aromatic rings. The van der Waals surface area contributed by atoms with Crippen LogP contribution in [0.5, 0.6) is 0 Å². The number of hydrogen-bond donors (Lipinski definition) is 0. The highest BCUT2D eigenvalue weighted by molar-refractivity contribution is 7.15. The molecule has 8 heterocycles. The van der Waals surface area contributed by atoms with Crippen molar-refractivity contribution in [3.63, 3.8) is 0 Å². The van der Waals surface area contributed by atoms with Crippen LogP contribution in [-0.4, -0.2) is 81.7 Å². The standard InChI is InChI=1S/C65H51B7N10/c1-6-26-54(27-7-1)70-80(57-31-10-3-11-32-57)71(55-28-8-2-9-29-55)82(59-35-14-5-15-36-59)72(81(70)58-33-12-4-13-34-58)56-30-24-25-52(49-56)53-42-48-76-66-43-20-22-46-74(66)68-45-41-60(51-77(68)67-44-21-23-47-75(67)69(76)50-53)78-63-39-18-19-40-64(63)79-62-38-17-16-37-61(62)73-65(78)79/h1-51H. The van der Waals surface area contributed by atoms with Gasteiger partial charge in [-0.3, -0.25) is 8.97 Å². The largest absolute Gasteiger partial charge is 0.423 e. The second kappa shape index (κ2) is 20.0. The van der Waals surface area contributed by atoms with Gasteiger partial charge in [-0.25, -0.2) is 4.98 Å². The predicted molar refractivity (Wildman–Crippen MR) is 348 cm³/mol. The Hall–Kier alpha value is -10.00. The van der Waals surface area contributed by atoms with Crippen LogP contribution in [0.15, 0.2) is 310 Å². The molecule has 10 nitrogen and oxygen atoms in total. The minimum Gasteiger partial charge on any atom is -0.423 e. The molecule has 0 spiro atoms. The fraction of sp³-hybridized carbons (Fsp3) is 0. The lowest BCUT2D eigenvalue weighted by Crippen LogP contribution is -2.86. The van der Waals surface area contributed by atoms with E-state index in [1.807, 2.05) is 0 Å². The maximum absolute atomic E-state index is 5.27. The summed E-state index contributed by atoms with van der Waals surface area (Å²) in [6.07, 6.45) is 22.6. The second-order valence-corrected chi connectivity index (χ2v) is 21.6. The molecular weight excluding hydrogens is 996 g/mol. The lowest BCUT2D eigenvalue weighted by Gasteiger charge is -2.57. The zero-order valence-electron chi connectivity index (χ0n) is 45.0. The van der Waals surface area contributed by atoms with E-state index < -0.39 is 0 Å². The summed E-state index contributed by atoms with van der Waals surface area (Å²) in [7, 11) is 0. The number of benzene rings is 8. The van der Waals surface area contributed by atoms with E-state index in [1.165, 1.54) is 16.4 Å². The molecule has 0 aliphatic carbocycles. The Balaban J connectivity index is 0.846. The highest BCUT2D eigenvalue weighted by Gasteiger charge is 2.56. The lowest BCUT2D eigenvalue weighted by molar-refractivity contribution is 0.622. The minimum atomic E-state index is -0.289.